The van der Waals surface area contributed by atoms with Gasteiger partial charge in [0.05, 0.1) is 17.8 Å². The van der Waals surface area contributed by atoms with E-state index < -0.39 is 6.10 Å². The third-order valence-electron chi connectivity index (χ3n) is 3.96. The van der Waals surface area contributed by atoms with Gasteiger partial charge in [0.15, 0.2) is 6.10 Å². The number of amides is 1. The van der Waals surface area contributed by atoms with Crippen LogP contribution in [0.25, 0.3) is 0 Å². The van der Waals surface area contributed by atoms with E-state index in [9.17, 15) is 9.90 Å². The fourth-order valence-corrected chi connectivity index (χ4v) is 3.83. The Morgan fingerprint density at radius 3 is 2.87 bits per heavy atom. The Bertz CT molecular complexity index is 660. The summed E-state index contributed by atoms with van der Waals surface area (Å²) in [6.07, 6.45) is 2.96. The van der Waals surface area contributed by atoms with E-state index in [2.05, 4.69) is 10.3 Å². The molecule has 2 N–H and O–H groups in total. The van der Waals surface area contributed by atoms with Crippen LogP contribution in [-0.4, -0.2) is 29.7 Å². The number of aryl methyl sites for hydroxylation is 2. The number of rotatable bonds is 6. The van der Waals surface area contributed by atoms with Gasteiger partial charge in [0, 0.05) is 17.8 Å². The third-order valence-corrected chi connectivity index (χ3v) is 5.18. The van der Waals surface area contributed by atoms with Crippen LogP contribution in [0.3, 0.4) is 0 Å². The highest BCUT2D eigenvalue weighted by atomic mass is 32.1. The molecule has 0 aliphatic heterocycles. The summed E-state index contributed by atoms with van der Waals surface area (Å²) in [5, 5.41) is 13.9. The van der Waals surface area contributed by atoms with Crippen molar-refractivity contribution >= 4 is 17.2 Å². The Morgan fingerprint density at radius 1 is 1.39 bits per heavy atom. The number of aromatic nitrogens is 1. The second kappa shape index (κ2) is 7.10. The number of ether oxygens (including phenoxy) is 1. The number of hydrogen-bond donors (Lipinski definition) is 2. The standard InChI is InChI=1S/C17H20N2O3S/c1-22-12-7-5-11(6-8-12)16(20)17(21)18-10-9-15-19-13-3-2-4-14(13)23-15/h5-8,16,20H,2-4,9-10H2,1H3,(H,18,21)/t16-/m0/s1. The van der Waals surface area contributed by atoms with Crippen LogP contribution in [0.4, 0.5) is 0 Å². The summed E-state index contributed by atoms with van der Waals surface area (Å²) < 4.78 is 5.06. The Morgan fingerprint density at radius 2 is 2.17 bits per heavy atom. The van der Waals surface area contributed by atoms with Crippen molar-refractivity contribution in [2.45, 2.75) is 31.8 Å². The van der Waals surface area contributed by atoms with Crippen LogP contribution in [0.5, 0.6) is 5.75 Å². The van der Waals surface area contributed by atoms with Crippen molar-refractivity contribution in [1.82, 2.24) is 10.3 Å². The summed E-state index contributed by atoms with van der Waals surface area (Å²) in [5.74, 6) is 0.303. The molecular formula is C17H20N2O3S. The molecular weight excluding hydrogens is 312 g/mol. The molecule has 1 aromatic carbocycles. The molecule has 0 bridgehead atoms. The van der Waals surface area contributed by atoms with Crippen LogP contribution in [-0.2, 0) is 24.1 Å². The van der Waals surface area contributed by atoms with Crippen molar-refractivity contribution in [3.63, 3.8) is 0 Å². The molecule has 0 spiro atoms. The molecule has 1 aromatic heterocycles. The van der Waals surface area contributed by atoms with E-state index in [4.69, 9.17) is 4.74 Å². The third kappa shape index (κ3) is 3.71. The second-order valence-electron chi connectivity index (χ2n) is 5.55. The van der Waals surface area contributed by atoms with Crippen LogP contribution in [0.15, 0.2) is 24.3 Å². The topological polar surface area (TPSA) is 71.5 Å². The minimum atomic E-state index is -1.16. The lowest BCUT2D eigenvalue weighted by molar-refractivity contribution is -0.129. The number of carbonyl (C=O) groups excluding carboxylic acids is 1. The van der Waals surface area contributed by atoms with Gasteiger partial charge < -0.3 is 15.2 Å². The molecule has 3 rings (SSSR count). The van der Waals surface area contributed by atoms with E-state index in [0.29, 0.717) is 24.3 Å². The second-order valence-corrected chi connectivity index (χ2v) is 6.72. The number of nitrogens with zero attached hydrogens (tertiary/aromatic N) is 1. The largest absolute Gasteiger partial charge is 0.497 e. The van der Waals surface area contributed by atoms with Crippen LogP contribution < -0.4 is 10.1 Å². The van der Waals surface area contributed by atoms with Gasteiger partial charge in [-0.2, -0.15) is 0 Å². The number of hydrogen-bond acceptors (Lipinski definition) is 5. The van der Waals surface area contributed by atoms with Crippen LogP contribution in [0, 0.1) is 0 Å². The van der Waals surface area contributed by atoms with Crippen molar-refractivity contribution in [3.05, 3.63) is 45.4 Å². The van der Waals surface area contributed by atoms with Crippen LogP contribution in [0.1, 0.15) is 33.7 Å². The average Bonchev–Trinajstić information content (AvgIpc) is 3.15. The van der Waals surface area contributed by atoms with Gasteiger partial charge in [0.25, 0.3) is 5.91 Å². The van der Waals surface area contributed by atoms with Gasteiger partial charge >= 0.3 is 0 Å². The number of aliphatic hydroxyl groups is 1. The summed E-state index contributed by atoms with van der Waals surface area (Å²) in [7, 11) is 1.58. The molecule has 0 saturated carbocycles. The molecule has 1 heterocycles. The highest BCUT2D eigenvalue weighted by Gasteiger charge is 2.18. The van der Waals surface area contributed by atoms with E-state index in [0.717, 1.165) is 17.8 Å². The van der Waals surface area contributed by atoms with Gasteiger partial charge in [-0.05, 0) is 37.0 Å². The van der Waals surface area contributed by atoms with Gasteiger partial charge in [-0.1, -0.05) is 12.1 Å². The first-order chi connectivity index (χ1) is 11.2. The van der Waals surface area contributed by atoms with Crippen molar-refractivity contribution in [2.75, 3.05) is 13.7 Å². The zero-order valence-electron chi connectivity index (χ0n) is 13.0. The first-order valence-corrected chi connectivity index (χ1v) is 8.56. The lowest BCUT2D eigenvalue weighted by Gasteiger charge is -2.11. The van der Waals surface area contributed by atoms with Gasteiger partial charge in [-0.25, -0.2) is 4.98 Å². The van der Waals surface area contributed by atoms with Gasteiger partial charge in [0.1, 0.15) is 5.75 Å². The summed E-state index contributed by atoms with van der Waals surface area (Å²) in [6, 6.07) is 6.83. The number of aliphatic hydroxyl groups excluding tert-OH is 1. The van der Waals surface area contributed by atoms with E-state index in [1.807, 2.05) is 0 Å². The van der Waals surface area contributed by atoms with Crippen molar-refractivity contribution < 1.29 is 14.6 Å². The monoisotopic (exact) mass is 332 g/mol. The maximum atomic E-state index is 12.0. The highest BCUT2D eigenvalue weighted by molar-refractivity contribution is 7.11. The highest BCUT2D eigenvalue weighted by Crippen LogP contribution is 2.27. The summed E-state index contributed by atoms with van der Waals surface area (Å²) in [5.41, 5.74) is 1.78. The number of methoxy groups -OCH3 is 1. The molecule has 1 aliphatic rings. The first-order valence-electron chi connectivity index (χ1n) is 7.74. The quantitative estimate of drug-likeness (QED) is 0.849. The zero-order valence-corrected chi connectivity index (χ0v) is 13.9. The molecule has 0 saturated heterocycles. The maximum absolute atomic E-state index is 12.0. The minimum absolute atomic E-state index is 0.390. The molecule has 6 heteroatoms. The first kappa shape index (κ1) is 16.0. The number of benzene rings is 1. The molecule has 1 aliphatic carbocycles. The molecule has 5 nitrogen and oxygen atoms in total. The number of fused-ring (bicyclic) bond motifs is 1. The molecule has 0 unspecified atom stereocenters. The lowest BCUT2D eigenvalue weighted by atomic mass is 10.1. The fraction of sp³-hybridized carbons (Fsp3) is 0.412. The van der Waals surface area contributed by atoms with E-state index in [-0.39, 0.29) is 5.91 Å². The van der Waals surface area contributed by atoms with E-state index >= 15 is 0 Å². The SMILES string of the molecule is COc1ccc([C@H](O)C(=O)NCCc2nc3c(s2)CCC3)cc1. The van der Waals surface area contributed by atoms with Gasteiger partial charge in [-0.3, -0.25) is 4.79 Å². The van der Waals surface area contributed by atoms with Crippen molar-refractivity contribution in [3.8, 4) is 5.75 Å². The van der Waals surface area contributed by atoms with Crippen LogP contribution >= 0.6 is 11.3 Å². The number of carbonyl (C=O) groups is 1. The smallest absolute Gasteiger partial charge is 0.253 e. The Hall–Kier alpha value is -1.92. The summed E-state index contributed by atoms with van der Waals surface area (Å²) in [4.78, 5) is 18.0. The fourth-order valence-electron chi connectivity index (χ4n) is 2.68. The Balaban J connectivity index is 1.49. The van der Waals surface area contributed by atoms with Gasteiger partial charge in [0.2, 0.25) is 0 Å². The molecule has 1 atom stereocenters. The Labute approximate surface area is 139 Å². The molecule has 2 aromatic rings. The molecule has 23 heavy (non-hydrogen) atoms. The van der Waals surface area contributed by atoms with Gasteiger partial charge in [-0.15, -0.1) is 11.3 Å². The zero-order chi connectivity index (χ0) is 16.2. The number of nitrogens with one attached hydrogen (secondary N) is 1. The lowest BCUT2D eigenvalue weighted by Crippen LogP contribution is -2.30. The molecule has 122 valence electrons. The van der Waals surface area contributed by atoms with E-state index in [1.54, 1.807) is 42.7 Å². The maximum Gasteiger partial charge on any atom is 0.253 e. The Kier molecular flexibility index (Phi) is 4.93. The number of thiazole rings is 1. The molecule has 0 fully saturated rings. The minimum Gasteiger partial charge on any atom is -0.497 e. The predicted octanol–water partition coefficient (Wildman–Crippen LogP) is 2.03. The normalized spacial score (nSPS) is 14.3. The summed E-state index contributed by atoms with van der Waals surface area (Å²) >= 11 is 1.74. The van der Waals surface area contributed by atoms with E-state index in [1.165, 1.54) is 17.0 Å². The summed E-state index contributed by atoms with van der Waals surface area (Å²) in [6.45, 7) is 0.485. The van der Waals surface area contributed by atoms with Crippen molar-refractivity contribution in [1.29, 1.82) is 0 Å². The molecule has 0 radical (unpaired) electrons. The molecule has 1 amide bonds. The van der Waals surface area contributed by atoms with Crippen LogP contribution in [0.2, 0.25) is 0 Å². The van der Waals surface area contributed by atoms with Crippen molar-refractivity contribution in [2.24, 2.45) is 0 Å². The predicted molar refractivity (Wildman–Crippen MR) is 88.8 cm³/mol. The average molecular weight is 332 g/mol.